The second-order valence-electron chi connectivity index (χ2n) is 1.73. The van der Waals surface area contributed by atoms with E-state index < -0.39 is 0 Å². The molecule has 4 heteroatoms. The van der Waals surface area contributed by atoms with Gasteiger partial charge in [0, 0.05) is 0 Å². The molecule has 0 atom stereocenters. The van der Waals surface area contributed by atoms with Crippen LogP contribution >= 0.6 is 0 Å². The van der Waals surface area contributed by atoms with E-state index in [1.807, 2.05) is 0 Å². The number of hydrogen-bond donors (Lipinski definition) is 0. The summed E-state index contributed by atoms with van der Waals surface area (Å²) in [5.74, 6) is 0.265. The minimum atomic E-state index is 0.265. The lowest BCUT2D eigenvalue weighted by molar-refractivity contribution is 0.404. The minimum absolute atomic E-state index is 0.265. The van der Waals surface area contributed by atoms with Crippen molar-refractivity contribution in [2.24, 2.45) is 4.99 Å². The molecule has 0 unspecified atom stereocenters. The summed E-state index contributed by atoms with van der Waals surface area (Å²) in [7, 11) is 1.45. The van der Waals surface area contributed by atoms with Crippen molar-refractivity contribution >= 4 is 5.90 Å². The fourth-order valence-corrected chi connectivity index (χ4v) is 0.660. The van der Waals surface area contributed by atoms with Gasteiger partial charge in [-0.1, -0.05) is 0 Å². The van der Waals surface area contributed by atoms with Crippen LogP contribution in [0.15, 0.2) is 28.0 Å². The number of nitrogens with zero attached hydrogens (tertiary/aromatic N) is 2. The van der Waals surface area contributed by atoms with Crippen LogP contribution in [-0.2, 0) is 4.74 Å². The Balaban J connectivity index is 2.91. The van der Waals surface area contributed by atoms with E-state index in [1.165, 1.54) is 19.6 Å². The van der Waals surface area contributed by atoms with Crippen LogP contribution < -0.4 is 0 Å². The van der Waals surface area contributed by atoms with Gasteiger partial charge in [-0.05, 0) is 6.07 Å². The molecular weight excluding hydrogens is 144 g/mol. The molecule has 56 valence electrons. The minimum Gasteiger partial charge on any atom is -0.480 e. The highest BCUT2D eigenvalue weighted by Crippen LogP contribution is 2.02. The summed E-state index contributed by atoms with van der Waals surface area (Å²) in [5.41, 5.74) is 0.661. The molecule has 0 fully saturated rings. The van der Waals surface area contributed by atoms with Gasteiger partial charge in [-0.25, -0.2) is 0 Å². The molecule has 0 aromatic carbocycles. The summed E-state index contributed by atoms with van der Waals surface area (Å²) in [6.45, 7) is 0. The van der Waals surface area contributed by atoms with E-state index in [0.29, 0.717) is 5.56 Å². The zero-order chi connectivity index (χ0) is 8.10. The molecule has 4 nitrogen and oxygen atoms in total. The number of rotatable bonds is 1. The third kappa shape index (κ3) is 1.58. The van der Waals surface area contributed by atoms with Gasteiger partial charge in [0.25, 0.3) is 0 Å². The summed E-state index contributed by atoms with van der Waals surface area (Å²) in [6.07, 6.45) is 4.57. The molecule has 0 aliphatic rings. The van der Waals surface area contributed by atoms with Crippen molar-refractivity contribution in [2.75, 3.05) is 7.11 Å². The first-order valence-electron chi connectivity index (χ1n) is 2.92. The molecule has 0 saturated heterocycles. The quantitative estimate of drug-likeness (QED) is 0.343. The van der Waals surface area contributed by atoms with E-state index in [-0.39, 0.29) is 5.90 Å². The zero-order valence-electron chi connectivity index (χ0n) is 5.94. The molecule has 0 saturated carbocycles. The number of aliphatic imine (C=N–C) groups is 1. The van der Waals surface area contributed by atoms with E-state index in [2.05, 4.69) is 4.99 Å². The highest BCUT2D eigenvalue weighted by atomic mass is 16.5. The van der Waals surface area contributed by atoms with Gasteiger partial charge in [0.15, 0.2) is 0 Å². The van der Waals surface area contributed by atoms with Crippen LogP contribution in [0.1, 0.15) is 5.56 Å². The number of hydrogen-bond acceptors (Lipinski definition) is 4. The third-order valence-electron chi connectivity index (χ3n) is 1.11. The normalized spacial score (nSPS) is 10.7. The van der Waals surface area contributed by atoms with Crippen LogP contribution in [0.4, 0.5) is 0 Å². The zero-order valence-corrected chi connectivity index (χ0v) is 5.94. The molecule has 0 N–H and O–H groups in total. The Bertz CT molecular complexity index is 282. The highest BCUT2D eigenvalue weighted by molar-refractivity contribution is 5.94. The maximum Gasteiger partial charge on any atom is 0.234 e. The first kappa shape index (κ1) is 7.35. The molecule has 1 aromatic heterocycles. The van der Waals surface area contributed by atoms with Crippen molar-refractivity contribution in [3.63, 3.8) is 0 Å². The first-order valence-corrected chi connectivity index (χ1v) is 2.92. The van der Waals surface area contributed by atoms with Crippen LogP contribution in [0.2, 0.25) is 0 Å². The van der Waals surface area contributed by atoms with Crippen LogP contribution in [0.25, 0.3) is 0 Å². The van der Waals surface area contributed by atoms with Gasteiger partial charge in [-0.15, -0.1) is 4.99 Å². The fraction of sp³-hybridized carbons (Fsp3) is 0.143. The lowest BCUT2D eigenvalue weighted by Gasteiger charge is -1.95. The third-order valence-corrected chi connectivity index (χ3v) is 1.11. The Hall–Kier alpha value is -1.76. The summed E-state index contributed by atoms with van der Waals surface area (Å²) < 4.78 is 9.58. The van der Waals surface area contributed by atoms with Gasteiger partial charge in [0.2, 0.25) is 12.1 Å². The lowest BCUT2D eigenvalue weighted by Crippen LogP contribution is -2.00. The molecule has 1 heterocycles. The summed E-state index contributed by atoms with van der Waals surface area (Å²) in [4.78, 5) is 3.43. The molecule has 0 radical (unpaired) electrons. The van der Waals surface area contributed by atoms with Crippen LogP contribution in [-0.4, -0.2) is 13.0 Å². The number of furan rings is 1. The van der Waals surface area contributed by atoms with E-state index in [1.54, 1.807) is 12.3 Å². The number of nitriles is 1. The van der Waals surface area contributed by atoms with Crippen molar-refractivity contribution in [2.45, 2.75) is 0 Å². The summed E-state index contributed by atoms with van der Waals surface area (Å²) >= 11 is 0. The Kier molecular flexibility index (Phi) is 2.28. The molecule has 1 rings (SSSR count). The van der Waals surface area contributed by atoms with Gasteiger partial charge in [0.05, 0.1) is 18.9 Å². The summed E-state index contributed by atoms with van der Waals surface area (Å²) in [6, 6.07) is 1.67. The second kappa shape index (κ2) is 3.42. The van der Waals surface area contributed by atoms with Gasteiger partial charge in [-0.2, -0.15) is 5.26 Å². The molecule has 0 aliphatic heterocycles. The monoisotopic (exact) mass is 150 g/mol. The van der Waals surface area contributed by atoms with Crippen LogP contribution in [0.5, 0.6) is 0 Å². The molecule has 1 aromatic rings. The maximum absolute atomic E-state index is 8.22. The Labute approximate surface area is 63.7 Å². The van der Waals surface area contributed by atoms with Gasteiger partial charge >= 0.3 is 0 Å². The fourth-order valence-electron chi connectivity index (χ4n) is 0.660. The lowest BCUT2D eigenvalue weighted by atomic mass is 10.3. The molecule has 11 heavy (non-hydrogen) atoms. The van der Waals surface area contributed by atoms with Crippen molar-refractivity contribution in [3.05, 3.63) is 24.2 Å². The van der Waals surface area contributed by atoms with Gasteiger partial charge in [-0.3, -0.25) is 0 Å². The smallest absolute Gasteiger partial charge is 0.234 e. The van der Waals surface area contributed by atoms with E-state index in [9.17, 15) is 0 Å². The predicted octanol–water partition coefficient (Wildman–Crippen LogP) is 1.15. The standard InChI is InChI=1S/C7H6N2O2/c1-10-7(9-5-8)6-2-3-11-4-6/h2-4H,1H3/b9-7-. The summed E-state index contributed by atoms with van der Waals surface area (Å²) in [5, 5.41) is 8.22. The molecule has 0 bridgehead atoms. The van der Waals surface area contributed by atoms with Crippen molar-refractivity contribution in [1.29, 1.82) is 5.26 Å². The van der Waals surface area contributed by atoms with Crippen molar-refractivity contribution in [3.8, 4) is 6.19 Å². The number of ether oxygens (including phenoxy) is 1. The van der Waals surface area contributed by atoms with Gasteiger partial charge in [0.1, 0.15) is 6.26 Å². The van der Waals surface area contributed by atoms with E-state index >= 15 is 0 Å². The Morgan fingerprint density at radius 2 is 2.64 bits per heavy atom. The average Bonchev–Trinajstić information content (AvgIpc) is 2.52. The Morgan fingerprint density at radius 3 is 3.09 bits per heavy atom. The molecular formula is C7H6N2O2. The topological polar surface area (TPSA) is 58.5 Å². The van der Waals surface area contributed by atoms with Crippen LogP contribution in [0, 0.1) is 11.5 Å². The number of methoxy groups -OCH3 is 1. The SMILES string of the molecule is CO/C(=N\C#N)c1ccoc1. The maximum atomic E-state index is 8.22. The van der Waals surface area contributed by atoms with Gasteiger partial charge < -0.3 is 9.15 Å². The second-order valence-corrected chi connectivity index (χ2v) is 1.73. The highest BCUT2D eigenvalue weighted by Gasteiger charge is 2.02. The van der Waals surface area contributed by atoms with Crippen molar-refractivity contribution < 1.29 is 9.15 Å². The first-order chi connectivity index (χ1) is 5.38. The largest absolute Gasteiger partial charge is 0.480 e. The molecule has 0 amide bonds. The van der Waals surface area contributed by atoms with E-state index in [0.717, 1.165) is 0 Å². The molecule has 0 spiro atoms. The van der Waals surface area contributed by atoms with Crippen LogP contribution in [0.3, 0.4) is 0 Å². The van der Waals surface area contributed by atoms with E-state index in [4.69, 9.17) is 14.4 Å². The Morgan fingerprint density at radius 1 is 1.82 bits per heavy atom. The predicted molar refractivity (Wildman–Crippen MR) is 37.9 cm³/mol. The molecule has 0 aliphatic carbocycles. The average molecular weight is 150 g/mol. The van der Waals surface area contributed by atoms with Crippen molar-refractivity contribution in [1.82, 2.24) is 0 Å².